The molecule has 1 aliphatic rings. The van der Waals surface area contributed by atoms with Crippen LogP contribution in [0.3, 0.4) is 0 Å². The van der Waals surface area contributed by atoms with Crippen molar-refractivity contribution in [2.24, 2.45) is 7.05 Å². The highest BCUT2D eigenvalue weighted by molar-refractivity contribution is 6.03. The molecular weight excluding hydrogens is 336 g/mol. The number of amides is 3. The predicted octanol–water partition coefficient (Wildman–Crippen LogP) is 2.38. The Morgan fingerprint density at radius 3 is 2.62 bits per heavy atom. The number of rotatable bonds is 2. The zero-order valence-electron chi connectivity index (χ0n) is 15.2. The highest BCUT2D eigenvalue weighted by atomic mass is 16.4. The first-order valence-electron chi connectivity index (χ1n) is 8.43. The van der Waals surface area contributed by atoms with Gasteiger partial charge in [0, 0.05) is 30.1 Å². The van der Waals surface area contributed by atoms with Crippen LogP contribution in [0.15, 0.2) is 18.2 Å². The maximum absolute atomic E-state index is 12.2. The first-order chi connectivity index (χ1) is 12.1. The fourth-order valence-corrected chi connectivity index (χ4v) is 3.41. The molecule has 1 saturated heterocycles. The topological polar surface area (TPSA) is 105 Å². The molecule has 0 bridgehead atoms. The molecule has 26 heavy (non-hydrogen) atoms. The van der Waals surface area contributed by atoms with Gasteiger partial charge in [-0.3, -0.25) is 24.5 Å². The molecule has 0 aliphatic carbocycles. The second-order valence-electron chi connectivity index (χ2n) is 7.50. The van der Waals surface area contributed by atoms with Crippen molar-refractivity contribution in [2.45, 2.75) is 45.1 Å². The van der Waals surface area contributed by atoms with Gasteiger partial charge in [-0.1, -0.05) is 0 Å². The lowest BCUT2D eigenvalue weighted by Gasteiger charge is -2.33. The van der Waals surface area contributed by atoms with Crippen LogP contribution in [0.1, 0.15) is 45.2 Å². The summed E-state index contributed by atoms with van der Waals surface area (Å²) in [6.45, 7) is 5.47. The highest BCUT2D eigenvalue weighted by Gasteiger charge is 2.32. The summed E-state index contributed by atoms with van der Waals surface area (Å²) in [6, 6.07) is 5.27. The van der Waals surface area contributed by atoms with Gasteiger partial charge in [-0.05, 0) is 45.4 Å². The lowest BCUT2D eigenvalue weighted by Crippen LogP contribution is -2.45. The van der Waals surface area contributed by atoms with E-state index in [1.807, 2.05) is 20.8 Å². The van der Waals surface area contributed by atoms with Crippen LogP contribution in [0.4, 0.5) is 10.5 Å². The Morgan fingerprint density at radius 1 is 1.35 bits per heavy atom. The van der Waals surface area contributed by atoms with Gasteiger partial charge in [0.1, 0.15) is 0 Å². The maximum Gasteiger partial charge on any atom is 0.412 e. The number of carbonyl (C=O) groups excluding carboxylic acids is 2. The number of benzene rings is 1. The molecule has 1 atom stereocenters. The van der Waals surface area contributed by atoms with Crippen molar-refractivity contribution in [1.82, 2.24) is 15.1 Å². The SMILES string of the molecule is Cn1nc(C2CCC(=O)NC2=O)c2ccc(N(C(=O)O)C(C)(C)C)cc21. The van der Waals surface area contributed by atoms with Gasteiger partial charge < -0.3 is 5.11 Å². The van der Waals surface area contributed by atoms with Crippen molar-refractivity contribution < 1.29 is 19.5 Å². The van der Waals surface area contributed by atoms with Gasteiger partial charge in [0.2, 0.25) is 11.8 Å². The number of anilines is 1. The second kappa shape index (κ2) is 6.12. The lowest BCUT2D eigenvalue weighted by atomic mass is 9.92. The molecule has 2 N–H and O–H groups in total. The molecule has 138 valence electrons. The minimum atomic E-state index is -1.04. The molecule has 0 radical (unpaired) electrons. The molecule has 3 rings (SSSR count). The smallest absolute Gasteiger partial charge is 0.412 e. The summed E-state index contributed by atoms with van der Waals surface area (Å²) in [5, 5.41) is 17.2. The zero-order chi connectivity index (χ0) is 19.2. The largest absolute Gasteiger partial charge is 0.465 e. The number of hydrogen-bond acceptors (Lipinski definition) is 4. The Kier molecular flexibility index (Phi) is 4.21. The summed E-state index contributed by atoms with van der Waals surface area (Å²) >= 11 is 0. The first-order valence-corrected chi connectivity index (χ1v) is 8.43. The Bertz CT molecular complexity index is 910. The summed E-state index contributed by atoms with van der Waals surface area (Å²) in [5.74, 6) is -1.09. The molecule has 1 aliphatic heterocycles. The lowest BCUT2D eigenvalue weighted by molar-refractivity contribution is -0.134. The van der Waals surface area contributed by atoms with Gasteiger partial charge >= 0.3 is 6.09 Å². The summed E-state index contributed by atoms with van der Waals surface area (Å²) in [4.78, 5) is 36.6. The fourth-order valence-electron chi connectivity index (χ4n) is 3.41. The van der Waals surface area contributed by atoms with Crippen molar-refractivity contribution in [3.05, 3.63) is 23.9 Å². The van der Waals surface area contributed by atoms with Crippen LogP contribution in [0.2, 0.25) is 0 Å². The molecule has 1 aromatic carbocycles. The monoisotopic (exact) mass is 358 g/mol. The molecule has 0 spiro atoms. The van der Waals surface area contributed by atoms with E-state index in [1.165, 1.54) is 4.90 Å². The fraction of sp³-hybridized carbons (Fsp3) is 0.444. The van der Waals surface area contributed by atoms with Gasteiger partial charge in [0.25, 0.3) is 0 Å². The third-order valence-corrected chi connectivity index (χ3v) is 4.55. The minimum Gasteiger partial charge on any atom is -0.465 e. The number of nitrogens with zero attached hydrogens (tertiary/aromatic N) is 3. The number of piperidine rings is 1. The molecule has 2 heterocycles. The van der Waals surface area contributed by atoms with E-state index in [2.05, 4.69) is 10.4 Å². The molecule has 1 aromatic heterocycles. The standard InChI is InChI=1S/C18H22N4O4/c1-18(2,3)22(17(25)26)10-5-6-11-13(9-10)21(4)20-15(11)12-7-8-14(23)19-16(12)24/h5-6,9,12H,7-8H2,1-4H3,(H,25,26)(H,19,23,24). The van der Waals surface area contributed by atoms with Crippen molar-refractivity contribution in [2.75, 3.05) is 4.90 Å². The van der Waals surface area contributed by atoms with Crippen molar-refractivity contribution in [3.8, 4) is 0 Å². The van der Waals surface area contributed by atoms with Gasteiger partial charge in [-0.25, -0.2) is 4.79 Å². The molecule has 8 heteroatoms. The number of fused-ring (bicyclic) bond motifs is 1. The highest BCUT2D eigenvalue weighted by Crippen LogP contribution is 2.33. The van der Waals surface area contributed by atoms with Crippen LogP contribution in [0.25, 0.3) is 10.9 Å². The van der Waals surface area contributed by atoms with Gasteiger partial charge in [0.15, 0.2) is 0 Å². The van der Waals surface area contributed by atoms with Crippen molar-refractivity contribution >= 4 is 34.5 Å². The Morgan fingerprint density at radius 2 is 2.04 bits per heavy atom. The third kappa shape index (κ3) is 3.02. The minimum absolute atomic E-state index is 0.268. The van der Waals surface area contributed by atoms with E-state index in [0.29, 0.717) is 17.8 Å². The summed E-state index contributed by atoms with van der Waals surface area (Å²) < 4.78 is 1.64. The van der Waals surface area contributed by atoms with Crippen LogP contribution in [-0.4, -0.2) is 38.3 Å². The van der Waals surface area contributed by atoms with E-state index in [1.54, 1.807) is 29.9 Å². The second-order valence-corrected chi connectivity index (χ2v) is 7.50. The van der Waals surface area contributed by atoms with E-state index in [9.17, 15) is 19.5 Å². The number of imide groups is 1. The summed E-state index contributed by atoms with van der Waals surface area (Å²) in [6.07, 6.45) is -0.338. The molecule has 3 amide bonds. The molecule has 1 unspecified atom stereocenters. The van der Waals surface area contributed by atoms with Crippen LogP contribution in [0, 0.1) is 0 Å². The van der Waals surface area contributed by atoms with Gasteiger partial charge in [-0.2, -0.15) is 5.10 Å². The number of carbonyl (C=O) groups is 3. The number of hydrogen-bond donors (Lipinski definition) is 2. The molecular formula is C18H22N4O4. The number of carboxylic acid groups (broad SMARTS) is 1. The molecule has 8 nitrogen and oxygen atoms in total. The molecule has 2 aromatic rings. The van der Waals surface area contributed by atoms with Crippen LogP contribution < -0.4 is 10.2 Å². The average Bonchev–Trinajstić information content (AvgIpc) is 2.82. The third-order valence-electron chi connectivity index (χ3n) is 4.55. The first kappa shape index (κ1) is 17.9. The number of nitrogens with one attached hydrogen (secondary N) is 1. The molecule has 1 fully saturated rings. The maximum atomic E-state index is 12.2. The Hall–Kier alpha value is -2.90. The van der Waals surface area contributed by atoms with E-state index in [4.69, 9.17) is 0 Å². The Balaban J connectivity index is 2.08. The van der Waals surface area contributed by atoms with Crippen molar-refractivity contribution in [1.29, 1.82) is 0 Å². The van der Waals surface area contributed by atoms with Crippen LogP contribution >= 0.6 is 0 Å². The van der Waals surface area contributed by atoms with Crippen molar-refractivity contribution in [3.63, 3.8) is 0 Å². The van der Waals surface area contributed by atoms with E-state index < -0.39 is 17.6 Å². The van der Waals surface area contributed by atoms with Gasteiger partial charge in [-0.15, -0.1) is 0 Å². The van der Waals surface area contributed by atoms with Crippen LogP contribution in [0.5, 0.6) is 0 Å². The summed E-state index contributed by atoms with van der Waals surface area (Å²) in [5.41, 5.74) is 1.27. The van der Waals surface area contributed by atoms with E-state index in [0.717, 1.165) is 10.9 Å². The summed E-state index contributed by atoms with van der Waals surface area (Å²) in [7, 11) is 1.75. The van der Waals surface area contributed by atoms with E-state index in [-0.39, 0.29) is 18.2 Å². The zero-order valence-corrected chi connectivity index (χ0v) is 15.2. The van der Waals surface area contributed by atoms with E-state index >= 15 is 0 Å². The molecule has 0 saturated carbocycles. The normalized spacial score (nSPS) is 18.1. The number of aromatic nitrogens is 2. The quantitative estimate of drug-likeness (QED) is 0.802. The Labute approximate surface area is 150 Å². The number of aryl methyl sites for hydroxylation is 1. The van der Waals surface area contributed by atoms with Crippen LogP contribution in [-0.2, 0) is 16.6 Å². The van der Waals surface area contributed by atoms with Gasteiger partial charge in [0.05, 0.1) is 17.1 Å². The predicted molar refractivity (Wildman–Crippen MR) is 96.1 cm³/mol. The average molecular weight is 358 g/mol.